The van der Waals surface area contributed by atoms with Gasteiger partial charge in [0, 0.05) is 11.3 Å². The van der Waals surface area contributed by atoms with Crippen LogP contribution in [-0.4, -0.2) is 11.5 Å². The summed E-state index contributed by atoms with van der Waals surface area (Å²) in [5.41, 5.74) is 0.706. The van der Waals surface area contributed by atoms with Crippen LogP contribution in [0, 0.1) is 0 Å². The van der Waals surface area contributed by atoms with E-state index in [2.05, 4.69) is 6.58 Å². The van der Waals surface area contributed by atoms with Crippen molar-refractivity contribution in [3.8, 4) is 0 Å². The average Bonchev–Trinajstić information content (AvgIpc) is 1.77. The van der Waals surface area contributed by atoms with Gasteiger partial charge in [0.2, 0.25) is 0 Å². The predicted molar refractivity (Wildman–Crippen MR) is 35.7 cm³/mol. The Hall–Kier alpha value is -0.500. The molecule has 0 saturated carbocycles. The zero-order valence-corrected chi connectivity index (χ0v) is 5.20. The van der Waals surface area contributed by atoms with Crippen LogP contribution in [-0.2, 0) is 4.79 Å². The van der Waals surface area contributed by atoms with Crippen LogP contribution in [0.25, 0.3) is 0 Å². The summed E-state index contributed by atoms with van der Waals surface area (Å²) in [7, 11) is 0. The van der Waals surface area contributed by atoms with Gasteiger partial charge in [-0.05, 0) is 11.5 Å². The monoisotopic (exact) mass is 126 g/mol. The number of rotatable bonds is 0. The molecule has 1 rings (SSSR count). The number of carbonyl (C=O) groups is 1. The van der Waals surface area contributed by atoms with E-state index in [1.54, 1.807) is 23.2 Å². The van der Waals surface area contributed by atoms with Gasteiger partial charge < -0.3 is 0 Å². The van der Waals surface area contributed by atoms with E-state index >= 15 is 0 Å². The molecule has 0 aromatic heterocycles. The van der Waals surface area contributed by atoms with Crippen LogP contribution in [0.4, 0.5) is 0 Å². The Morgan fingerprint density at radius 2 is 2.50 bits per heavy atom. The van der Waals surface area contributed by atoms with Crippen molar-refractivity contribution in [1.29, 1.82) is 0 Å². The van der Waals surface area contributed by atoms with Crippen molar-refractivity contribution in [2.45, 2.75) is 0 Å². The Labute approximate surface area is 52.5 Å². The Balaban J connectivity index is 2.75. The van der Waals surface area contributed by atoms with Crippen molar-refractivity contribution in [1.82, 2.24) is 0 Å². The van der Waals surface area contributed by atoms with E-state index in [0.29, 0.717) is 5.57 Å². The Kier molecular flexibility index (Phi) is 1.53. The largest absolute Gasteiger partial charge is 0.290 e. The smallest absolute Gasteiger partial charge is 0.182 e. The Bertz CT molecular complexity index is 158. The van der Waals surface area contributed by atoms with Crippen LogP contribution in [0.3, 0.4) is 0 Å². The summed E-state index contributed by atoms with van der Waals surface area (Å²) in [6.45, 7) is 3.57. The first-order valence-corrected chi connectivity index (χ1v) is 3.36. The zero-order chi connectivity index (χ0) is 5.98. The van der Waals surface area contributed by atoms with E-state index in [0.717, 1.165) is 5.75 Å². The maximum Gasteiger partial charge on any atom is 0.182 e. The highest BCUT2D eigenvalue weighted by Gasteiger charge is 2.05. The summed E-state index contributed by atoms with van der Waals surface area (Å²) in [4.78, 5) is 10.6. The van der Waals surface area contributed by atoms with Gasteiger partial charge in [-0.2, -0.15) is 0 Å². The van der Waals surface area contributed by atoms with Crippen molar-refractivity contribution in [3.63, 3.8) is 0 Å². The highest BCUT2D eigenvalue weighted by Crippen LogP contribution is 2.14. The summed E-state index contributed by atoms with van der Waals surface area (Å²) >= 11 is 1.61. The molecular formula is C6H6OS. The van der Waals surface area contributed by atoms with Crippen molar-refractivity contribution >= 4 is 17.5 Å². The van der Waals surface area contributed by atoms with Crippen LogP contribution in [0.15, 0.2) is 23.6 Å². The second kappa shape index (κ2) is 2.18. The lowest BCUT2D eigenvalue weighted by Gasteiger charge is -2.01. The molecule has 1 heterocycles. The van der Waals surface area contributed by atoms with E-state index in [9.17, 15) is 4.79 Å². The van der Waals surface area contributed by atoms with Gasteiger partial charge in [0.05, 0.1) is 0 Å². The van der Waals surface area contributed by atoms with Gasteiger partial charge in [-0.3, -0.25) is 4.79 Å². The molecule has 0 aromatic rings. The lowest BCUT2D eigenvalue weighted by molar-refractivity contribution is -0.111. The van der Waals surface area contributed by atoms with Gasteiger partial charge in [0.25, 0.3) is 0 Å². The Morgan fingerprint density at radius 1 is 1.75 bits per heavy atom. The number of hydrogen-bond donors (Lipinski definition) is 0. The third kappa shape index (κ3) is 1.01. The molecule has 0 fully saturated rings. The molecule has 0 N–H and O–H groups in total. The molecule has 0 radical (unpaired) electrons. The fourth-order valence-corrected chi connectivity index (χ4v) is 1.11. The van der Waals surface area contributed by atoms with Gasteiger partial charge >= 0.3 is 0 Å². The fourth-order valence-electron chi connectivity index (χ4n) is 0.448. The molecule has 1 aliphatic heterocycles. The fraction of sp³-hybridized carbons (Fsp3) is 0.167. The van der Waals surface area contributed by atoms with Crippen LogP contribution >= 0.6 is 11.8 Å². The van der Waals surface area contributed by atoms with Crippen LogP contribution in [0.2, 0.25) is 0 Å². The van der Waals surface area contributed by atoms with E-state index in [1.165, 1.54) is 0 Å². The number of hydrogen-bond acceptors (Lipinski definition) is 2. The number of ketones is 1. The molecule has 0 aromatic carbocycles. The second-order valence-electron chi connectivity index (χ2n) is 1.58. The first-order valence-electron chi connectivity index (χ1n) is 2.31. The van der Waals surface area contributed by atoms with Gasteiger partial charge in [-0.15, -0.1) is 11.8 Å². The predicted octanol–water partition coefficient (Wildman–Crippen LogP) is 1.37. The molecule has 2 heteroatoms. The molecule has 42 valence electrons. The third-order valence-corrected chi connectivity index (χ3v) is 1.77. The number of allylic oxidation sites excluding steroid dienone is 1. The minimum Gasteiger partial charge on any atom is -0.290 e. The van der Waals surface area contributed by atoms with E-state index < -0.39 is 0 Å². The first-order chi connectivity index (χ1) is 3.80. The molecule has 1 aliphatic rings. The lowest BCUT2D eigenvalue weighted by Crippen LogP contribution is -2.01. The van der Waals surface area contributed by atoms with Crippen molar-refractivity contribution in [2.24, 2.45) is 0 Å². The number of thioether (sulfide) groups is 1. The van der Waals surface area contributed by atoms with Crippen molar-refractivity contribution in [3.05, 3.63) is 23.6 Å². The van der Waals surface area contributed by atoms with Crippen LogP contribution < -0.4 is 0 Å². The van der Waals surface area contributed by atoms with Gasteiger partial charge in [0.15, 0.2) is 5.78 Å². The van der Waals surface area contributed by atoms with Crippen molar-refractivity contribution < 1.29 is 4.79 Å². The number of carbonyl (C=O) groups excluding carboxylic acids is 1. The summed E-state index contributed by atoms with van der Waals surface area (Å²) in [6, 6.07) is 0. The summed E-state index contributed by atoms with van der Waals surface area (Å²) in [5.74, 6) is 0.832. The molecular weight excluding hydrogens is 120 g/mol. The van der Waals surface area contributed by atoms with Gasteiger partial charge in [0.1, 0.15) is 0 Å². The zero-order valence-electron chi connectivity index (χ0n) is 4.39. The standard InChI is InChI=1S/C6H6OS/c1-5-4-8-3-2-6(5)7/h2-3H,1,4H2. The molecule has 0 bridgehead atoms. The molecule has 0 atom stereocenters. The molecule has 0 saturated heterocycles. The van der Waals surface area contributed by atoms with E-state index in [4.69, 9.17) is 0 Å². The SMILES string of the molecule is C=C1CSC=CC1=O. The van der Waals surface area contributed by atoms with Gasteiger partial charge in [-0.1, -0.05) is 6.58 Å². The molecule has 0 amide bonds. The summed E-state index contributed by atoms with van der Waals surface area (Å²) < 4.78 is 0. The Morgan fingerprint density at radius 3 is 2.88 bits per heavy atom. The minimum atomic E-state index is 0.0729. The minimum absolute atomic E-state index is 0.0729. The highest BCUT2D eigenvalue weighted by molar-refractivity contribution is 8.02. The first kappa shape index (κ1) is 5.63. The van der Waals surface area contributed by atoms with Crippen LogP contribution in [0.5, 0.6) is 0 Å². The molecule has 1 nitrogen and oxygen atoms in total. The molecule has 0 spiro atoms. The maximum atomic E-state index is 10.6. The van der Waals surface area contributed by atoms with Crippen molar-refractivity contribution in [2.75, 3.05) is 5.75 Å². The van der Waals surface area contributed by atoms with Crippen LogP contribution in [0.1, 0.15) is 0 Å². The highest BCUT2D eigenvalue weighted by atomic mass is 32.2. The summed E-state index contributed by atoms with van der Waals surface area (Å²) in [6.07, 6.45) is 1.55. The van der Waals surface area contributed by atoms with E-state index in [-0.39, 0.29) is 5.78 Å². The summed E-state index contributed by atoms with van der Waals surface area (Å²) in [5, 5.41) is 1.80. The normalized spacial score (nSPS) is 19.5. The average molecular weight is 126 g/mol. The lowest BCUT2D eigenvalue weighted by atomic mass is 10.2. The molecule has 0 unspecified atom stereocenters. The molecule has 0 aliphatic carbocycles. The quantitative estimate of drug-likeness (QED) is 0.456. The van der Waals surface area contributed by atoms with E-state index in [1.807, 2.05) is 0 Å². The maximum absolute atomic E-state index is 10.6. The van der Waals surface area contributed by atoms with Gasteiger partial charge in [-0.25, -0.2) is 0 Å². The second-order valence-corrected chi connectivity index (χ2v) is 2.48. The molecule has 8 heavy (non-hydrogen) atoms. The topological polar surface area (TPSA) is 17.1 Å². The third-order valence-electron chi connectivity index (χ3n) is 0.922.